The maximum Gasteiger partial charge on any atom is 0.163 e. The lowest BCUT2D eigenvalue weighted by molar-refractivity contribution is 0.307. The molecule has 0 saturated heterocycles. The van der Waals surface area contributed by atoms with Gasteiger partial charge >= 0.3 is 0 Å². The number of hydrogen-bond donors (Lipinski definition) is 0. The summed E-state index contributed by atoms with van der Waals surface area (Å²) in [6.07, 6.45) is 0.898. The van der Waals surface area contributed by atoms with Gasteiger partial charge < -0.3 is 19.1 Å². The van der Waals surface area contributed by atoms with Crippen molar-refractivity contribution in [3.63, 3.8) is 0 Å². The van der Waals surface area contributed by atoms with Gasteiger partial charge in [-0.15, -0.1) is 0 Å². The van der Waals surface area contributed by atoms with Crippen LogP contribution in [0, 0.1) is 0 Å². The van der Waals surface area contributed by atoms with Gasteiger partial charge in [0, 0.05) is 6.54 Å². The van der Waals surface area contributed by atoms with Gasteiger partial charge in [0.2, 0.25) is 0 Å². The molecule has 116 valence electrons. The number of para-hydroxylation sites is 3. The van der Waals surface area contributed by atoms with Gasteiger partial charge in [-0.2, -0.15) is 0 Å². The van der Waals surface area contributed by atoms with Crippen molar-refractivity contribution in [3.8, 4) is 17.2 Å². The van der Waals surface area contributed by atoms with Gasteiger partial charge in [-0.25, -0.2) is 0 Å². The summed E-state index contributed by atoms with van der Waals surface area (Å²) in [4.78, 5) is 2.36. The number of ether oxygens (including phenoxy) is 3. The Kier molecular flexibility index (Phi) is 4.37. The molecular formula is C18H21NO3. The van der Waals surface area contributed by atoms with Crippen LogP contribution in [0.25, 0.3) is 0 Å². The molecule has 3 rings (SSSR count). The molecule has 4 nitrogen and oxygen atoms in total. The molecule has 1 heterocycles. The van der Waals surface area contributed by atoms with Crippen LogP contribution in [0.15, 0.2) is 42.5 Å². The quantitative estimate of drug-likeness (QED) is 0.848. The van der Waals surface area contributed by atoms with Gasteiger partial charge in [-0.05, 0) is 30.2 Å². The molecule has 0 atom stereocenters. The number of methoxy groups -OCH3 is 2. The third-order valence-corrected chi connectivity index (χ3v) is 3.96. The predicted molar refractivity (Wildman–Crippen MR) is 87.4 cm³/mol. The van der Waals surface area contributed by atoms with Gasteiger partial charge in [0.05, 0.1) is 26.5 Å². The summed E-state index contributed by atoms with van der Waals surface area (Å²) in [6.45, 7) is 2.56. The van der Waals surface area contributed by atoms with E-state index < -0.39 is 0 Å². The van der Waals surface area contributed by atoms with Gasteiger partial charge in [-0.1, -0.05) is 24.3 Å². The number of benzene rings is 2. The molecule has 1 aliphatic heterocycles. The van der Waals surface area contributed by atoms with Crippen LogP contribution in [-0.2, 0) is 6.42 Å². The minimum atomic E-state index is 0.728. The van der Waals surface area contributed by atoms with E-state index in [0.29, 0.717) is 0 Å². The first kappa shape index (κ1) is 14.6. The lowest BCUT2D eigenvalue weighted by Crippen LogP contribution is -2.34. The summed E-state index contributed by atoms with van der Waals surface area (Å²) < 4.78 is 16.6. The van der Waals surface area contributed by atoms with Crippen molar-refractivity contribution < 1.29 is 14.2 Å². The monoisotopic (exact) mass is 299 g/mol. The van der Waals surface area contributed by atoms with Crippen molar-refractivity contribution in [1.29, 1.82) is 0 Å². The van der Waals surface area contributed by atoms with Crippen LogP contribution in [0.1, 0.15) is 5.56 Å². The Labute approximate surface area is 131 Å². The van der Waals surface area contributed by atoms with E-state index in [0.717, 1.165) is 54.6 Å². The molecule has 0 amide bonds. The van der Waals surface area contributed by atoms with E-state index in [1.807, 2.05) is 30.3 Å². The van der Waals surface area contributed by atoms with Crippen molar-refractivity contribution in [2.75, 3.05) is 38.8 Å². The molecular weight excluding hydrogens is 278 g/mol. The molecule has 1 aliphatic rings. The predicted octanol–water partition coefficient (Wildman–Crippen LogP) is 3.15. The highest BCUT2D eigenvalue weighted by atomic mass is 16.5. The minimum absolute atomic E-state index is 0.728. The lowest BCUT2D eigenvalue weighted by atomic mass is 10.1. The van der Waals surface area contributed by atoms with Crippen LogP contribution in [0.4, 0.5) is 5.69 Å². The zero-order chi connectivity index (χ0) is 15.4. The third-order valence-electron chi connectivity index (χ3n) is 3.96. The first-order valence-corrected chi connectivity index (χ1v) is 7.50. The molecule has 0 radical (unpaired) electrons. The second kappa shape index (κ2) is 6.60. The van der Waals surface area contributed by atoms with E-state index in [1.165, 1.54) is 0 Å². The smallest absolute Gasteiger partial charge is 0.163 e. The highest BCUT2D eigenvalue weighted by Crippen LogP contribution is 2.33. The maximum atomic E-state index is 5.70. The topological polar surface area (TPSA) is 30.9 Å². The van der Waals surface area contributed by atoms with E-state index in [9.17, 15) is 0 Å². The summed E-state index contributed by atoms with van der Waals surface area (Å²) in [5, 5.41) is 0. The highest BCUT2D eigenvalue weighted by Gasteiger charge is 2.18. The number of anilines is 1. The summed E-state index contributed by atoms with van der Waals surface area (Å²) >= 11 is 0. The molecule has 0 unspecified atom stereocenters. The third kappa shape index (κ3) is 2.82. The Balaban J connectivity index is 1.77. The van der Waals surface area contributed by atoms with Gasteiger partial charge in [0.15, 0.2) is 11.5 Å². The Morgan fingerprint density at radius 2 is 1.91 bits per heavy atom. The van der Waals surface area contributed by atoms with Gasteiger partial charge in [0.25, 0.3) is 0 Å². The number of nitrogens with zero attached hydrogens (tertiary/aromatic N) is 1. The Bertz CT molecular complexity index is 642. The van der Waals surface area contributed by atoms with Crippen LogP contribution < -0.4 is 19.1 Å². The lowest BCUT2D eigenvalue weighted by Gasteiger charge is -2.31. The van der Waals surface area contributed by atoms with E-state index >= 15 is 0 Å². The molecule has 0 N–H and O–H groups in total. The van der Waals surface area contributed by atoms with Crippen molar-refractivity contribution in [1.82, 2.24) is 0 Å². The summed E-state index contributed by atoms with van der Waals surface area (Å²) in [7, 11) is 3.35. The van der Waals surface area contributed by atoms with Crippen molar-refractivity contribution in [3.05, 3.63) is 48.0 Å². The Morgan fingerprint density at radius 1 is 1.05 bits per heavy atom. The molecule has 0 spiro atoms. The van der Waals surface area contributed by atoms with Crippen LogP contribution >= 0.6 is 0 Å². The molecule has 4 heteroatoms. The van der Waals surface area contributed by atoms with E-state index in [1.54, 1.807) is 14.2 Å². The number of fused-ring (bicyclic) bond motifs is 1. The second-order valence-corrected chi connectivity index (χ2v) is 5.21. The normalized spacial score (nSPS) is 13.3. The molecule has 0 fully saturated rings. The van der Waals surface area contributed by atoms with Crippen LogP contribution in [-0.4, -0.2) is 33.9 Å². The van der Waals surface area contributed by atoms with E-state index in [4.69, 9.17) is 14.2 Å². The van der Waals surface area contributed by atoms with Crippen LogP contribution in [0.2, 0.25) is 0 Å². The minimum Gasteiger partial charge on any atom is -0.493 e. The van der Waals surface area contributed by atoms with Crippen LogP contribution in [0.5, 0.6) is 17.2 Å². The van der Waals surface area contributed by atoms with Crippen LogP contribution in [0.3, 0.4) is 0 Å². The van der Waals surface area contributed by atoms with E-state index in [2.05, 4.69) is 17.0 Å². The van der Waals surface area contributed by atoms with Gasteiger partial charge in [0.1, 0.15) is 12.4 Å². The number of rotatable bonds is 5. The van der Waals surface area contributed by atoms with Crippen molar-refractivity contribution in [2.45, 2.75) is 6.42 Å². The maximum absolute atomic E-state index is 5.70. The molecule has 0 saturated carbocycles. The first-order chi connectivity index (χ1) is 10.8. The number of hydrogen-bond acceptors (Lipinski definition) is 4. The largest absolute Gasteiger partial charge is 0.493 e. The highest BCUT2D eigenvalue weighted by molar-refractivity contribution is 5.60. The molecule has 0 aromatic heterocycles. The Hall–Kier alpha value is -2.36. The summed E-state index contributed by atoms with van der Waals surface area (Å²) in [5.74, 6) is 2.57. The zero-order valence-corrected chi connectivity index (χ0v) is 13.0. The van der Waals surface area contributed by atoms with E-state index in [-0.39, 0.29) is 0 Å². The fourth-order valence-corrected chi connectivity index (χ4v) is 2.86. The SMILES string of the molecule is COc1cccc(CCN2CCOc3ccccc32)c1OC. The summed E-state index contributed by atoms with van der Waals surface area (Å²) in [5.41, 5.74) is 2.32. The van der Waals surface area contributed by atoms with Crippen molar-refractivity contribution in [2.24, 2.45) is 0 Å². The zero-order valence-electron chi connectivity index (χ0n) is 13.0. The van der Waals surface area contributed by atoms with Gasteiger partial charge in [-0.3, -0.25) is 0 Å². The fraction of sp³-hybridized carbons (Fsp3) is 0.333. The standard InChI is InChI=1S/C18H21NO3/c1-20-17-9-5-6-14(18(17)21-2)10-11-19-12-13-22-16-8-4-3-7-15(16)19/h3-9H,10-13H2,1-2H3. The molecule has 22 heavy (non-hydrogen) atoms. The average Bonchev–Trinajstić information content (AvgIpc) is 2.59. The molecule has 0 aliphatic carbocycles. The second-order valence-electron chi connectivity index (χ2n) is 5.21. The molecule has 2 aromatic rings. The molecule has 0 bridgehead atoms. The summed E-state index contributed by atoms with van der Waals surface area (Å²) in [6, 6.07) is 14.2. The first-order valence-electron chi connectivity index (χ1n) is 7.50. The molecule has 2 aromatic carbocycles. The Morgan fingerprint density at radius 3 is 2.73 bits per heavy atom. The van der Waals surface area contributed by atoms with Crippen molar-refractivity contribution >= 4 is 5.69 Å². The fourth-order valence-electron chi connectivity index (χ4n) is 2.86. The average molecular weight is 299 g/mol.